The Bertz CT molecular complexity index is 1620. The lowest BCUT2D eigenvalue weighted by molar-refractivity contribution is 0.0785. The van der Waals surface area contributed by atoms with Gasteiger partial charge in [0.25, 0.3) is 15.9 Å². The molecule has 0 bridgehead atoms. The Morgan fingerprint density at radius 2 is 1.63 bits per heavy atom. The van der Waals surface area contributed by atoms with Crippen LogP contribution in [0.15, 0.2) is 95.9 Å². The van der Waals surface area contributed by atoms with Crippen molar-refractivity contribution in [1.29, 1.82) is 5.26 Å². The van der Waals surface area contributed by atoms with Gasteiger partial charge < -0.3 is 9.64 Å². The minimum absolute atomic E-state index is 0.0249. The highest BCUT2D eigenvalue weighted by Crippen LogP contribution is 2.35. The zero-order valence-electron chi connectivity index (χ0n) is 20.1. The average molecular weight is 566 g/mol. The van der Waals surface area contributed by atoms with Crippen LogP contribution in [0.3, 0.4) is 0 Å². The lowest BCUT2D eigenvalue weighted by atomic mass is 10.1. The Hall–Kier alpha value is -4.03. The Morgan fingerprint density at radius 1 is 0.947 bits per heavy atom. The van der Waals surface area contributed by atoms with E-state index >= 15 is 0 Å². The summed E-state index contributed by atoms with van der Waals surface area (Å²) in [5, 5.41) is 9.64. The number of para-hydroxylation sites is 2. The first-order valence-electron chi connectivity index (χ1n) is 11.3. The molecule has 0 aromatic heterocycles. The van der Waals surface area contributed by atoms with Gasteiger partial charge in [0.2, 0.25) is 0 Å². The van der Waals surface area contributed by atoms with E-state index in [1.54, 1.807) is 67.7 Å². The van der Waals surface area contributed by atoms with E-state index in [-0.39, 0.29) is 27.3 Å². The number of carbonyl (C=O) groups is 1. The van der Waals surface area contributed by atoms with Gasteiger partial charge in [-0.05, 0) is 72.3 Å². The van der Waals surface area contributed by atoms with Crippen LogP contribution in [-0.2, 0) is 16.6 Å². The van der Waals surface area contributed by atoms with E-state index in [9.17, 15) is 13.2 Å². The molecule has 0 atom stereocenters. The van der Waals surface area contributed by atoms with Crippen LogP contribution in [0.2, 0.25) is 10.0 Å². The zero-order valence-corrected chi connectivity index (χ0v) is 22.4. The maximum absolute atomic E-state index is 13.1. The Kier molecular flexibility index (Phi) is 8.23. The van der Waals surface area contributed by atoms with Gasteiger partial charge in [-0.3, -0.25) is 9.52 Å². The van der Waals surface area contributed by atoms with E-state index < -0.39 is 10.0 Å². The Morgan fingerprint density at radius 3 is 2.29 bits per heavy atom. The van der Waals surface area contributed by atoms with Crippen molar-refractivity contribution in [3.8, 4) is 17.6 Å². The number of nitriles is 1. The summed E-state index contributed by atoms with van der Waals surface area (Å²) in [5.41, 5.74) is 1.95. The molecule has 0 saturated carbocycles. The molecular weight excluding hydrogens is 545 g/mol. The number of anilines is 1. The van der Waals surface area contributed by atoms with Crippen molar-refractivity contribution < 1.29 is 17.9 Å². The van der Waals surface area contributed by atoms with Crippen LogP contribution in [0.5, 0.6) is 11.5 Å². The molecule has 0 unspecified atom stereocenters. The molecule has 0 saturated heterocycles. The standard InChI is InChI=1S/C28H21Cl2N3O4S/c1-33(18-20-8-6-19(17-31)7-9-20)28(34)21-10-13-23(14-11-21)38(35,36)32-25-4-2-3-5-27(25)37-26-15-12-22(29)16-24(26)30/h2-16,32H,18H2,1H3. The molecule has 7 nitrogen and oxygen atoms in total. The van der Waals surface area contributed by atoms with Crippen molar-refractivity contribution in [1.82, 2.24) is 4.90 Å². The van der Waals surface area contributed by atoms with E-state index in [0.29, 0.717) is 28.4 Å². The highest BCUT2D eigenvalue weighted by Gasteiger charge is 2.19. The summed E-state index contributed by atoms with van der Waals surface area (Å²) in [6.07, 6.45) is 0. The predicted molar refractivity (Wildman–Crippen MR) is 147 cm³/mol. The third kappa shape index (κ3) is 6.45. The van der Waals surface area contributed by atoms with Crippen molar-refractivity contribution >= 4 is 44.8 Å². The van der Waals surface area contributed by atoms with Gasteiger partial charge in [0, 0.05) is 24.2 Å². The molecule has 4 aromatic carbocycles. The molecule has 4 rings (SSSR count). The first-order valence-corrected chi connectivity index (χ1v) is 13.5. The quantitative estimate of drug-likeness (QED) is 0.255. The molecule has 0 heterocycles. The largest absolute Gasteiger partial charge is 0.454 e. The number of carbonyl (C=O) groups excluding carboxylic acids is 1. The number of halogens is 2. The lowest BCUT2D eigenvalue weighted by Crippen LogP contribution is -2.26. The third-order valence-electron chi connectivity index (χ3n) is 5.51. The molecular formula is C28H21Cl2N3O4S. The van der Waals surface area contributed by atoms with Crippen LogP contribution in [0, 0.1) is 11.3 Å². The highest BCUT2D eigenvalue weighted by atomic mass is 35.5. The number of rotatable bonds is 8. The van der Waals surface area contributed by atoms with Crippen molar-refractivity contribution in [2.45, 2.75) is 11.4 Å². The summed E-state index contributed by atoms with van der Waals surface area (Å²) in [5.74, 6) is 0.289. The maximum Gasteiger partial charge on any atom is 0.262 e. The van der Waals surface area contributed by atoms with Crippen molar-refractivity contribution in [2.75, 3.05) is 11.8 Å². The van der Waals surface area contributed by atoms with Gasteiger partial charge in [-0.15, -0.1) is 0 Å². The second-order valence-electron chi connectivity index (χ2n) is 8.27. The minimum Gasteiger partial charge on any atom is -0.454 e. The first kappa shape index (κ1) is 27.0. The van der Waals surface area contributed by atoms with Gasteiger partial charge in [-0.1, -0.05) is 47.5 Å². The smallest absolute Gasteiger partial charge is 0.262 e. The first-order chi connectivity index (χ1) is 18.2. The van der Waals surface area contributed by atoms with Crippen LogP contribution in [0.4, 0.5) is 5.69 Å². The SMILES string of the molecule is CN(Cc1ccc(C#N)cc1)C(=O)c1ccc(S(=O)(=O)Nc2ccccc2Oc2ccc(Cl)cc2Cl)cc1. The molecule has 0 fully saturated rings. The van der Waals surface area contributed by atoms with Gasteiger partial charge in [0.1, 0.15) is 5.75 Å². The van der Waals surface area contributed by atoms with Gasteiger partial charge in [0.15, 0.2) is 5.75 Å². The second-order valence-corrected chi connectivity index (χ2v) is 10.8. The van der Waals surface area contributed by atoms with E-state index in [1.165, 1.54) is 35.2 Å². The van der Waals surface area contributed by atoms with Crippen LogP contribution in [0.1, 0.15) is 21.5 Å². The predicted octanol–water partition coefficient (Wildman–Crippen LogP) is 6.73. The Balaban J connectivity index is 1.47. The molecule has 0 aliphatic rings. The van der Waals surface area contributed by atoms with Crippen molar-refractivity contribution in [3.05, 3.63) is 118 Å². The maximum atomic E-state index is 13.1. The molecule has 4 aromatic rings. The fraction of sp³-hybridized carbons (Fsp3) is 0.0714. The monoisotopic (exact) mass is 565 g/mol. The number of sulfonamides is 1. The summed E-state index contributed by atoms with van der Waals surface area (Å²) in [4.78, 5) is 14.4. The average Bonchev–Trinajstić information content (AvgIpc) is 2.91. The number of nitrogens with one attached hydrogen (secondary N) is 1. The van der Waals surface area contributed by atoms with Crippen LogP contribution in [-0.4, -0.2) is 26.3 Å². The van der Waals surface area contributed by atoms with Gasteiger partial charge >= 0.3 is 0 Å². The molecule has 0 spiro atoms. The molecule has 10 heteroatoms. The van der Waals surface area contributed by atoms with E-state index in [2.05, 4.69) is 10.8 Å². The molecule has 1 N–H and O–H groups in total. The number of hydrogen-bond donors (Lipinski definition) is 1. The van der Waals surface area contributed by atoms with Crippen LogP contribution >= 0.6 is 23.2 Å². The molecule has 0 aliphatic carbocycles. The molecule has 0 aliphatic heterocycles. The second kappa shape index (κ2) is 11.6. The summed E-state index contributed by atoms with van der Waals surface area (Å²) in [6, 6.07) is 25.9. The Labute approximate surface area is 230 Å². The number of nitrogens with zero attached hydrogens (tertiary/aromatic N) is 2. The molecule has 38 heavy (non-hydrogen) atoms. The molecule has 0 radical (unpaired) electrons. The number of ether oxygens (including phenoxy) is 1. The highest BCUT2D eigenvalue weighted by molar-refractivity contribution is 7.92. The van der Waals surface area contributed by atoms with E-state index in [0.717, 1.165) is 5.56 Å². The minimum atomic E-state index is -4.00. The van der Waals surface area contributed by atoms with Crippen LogP contribution in [0.25, 0.3) is 0 Å². The van der Waals surface area contributed by atoms with Crippen molar-refractivity contribution in [2.24, 2.45) is 0 Å². The van der Waals surface area contributed by atoms with Crippen molar-refractivity contribution in [3.63, 3.8) is 0 Å². The lowest BCUT2D eigenvalue weighted by Gasteiger charge is -2.18. The van der Waals surface area contributed by atoms with E-state index in [4.69, 9.17) is 33.2 Å². The summed E-state index contributed by atoms with van der Waals surface area (Å²) in [6.45, 7) is 0.334. The molecule has 1 amide bonds. The fourth-order valence-electron chi connectivity index (χ4n) is 3.55. The van der Waals surface area contributed by atoms with Gasteiger partial charge in [-0.25, -0.2) is 8.42 Å². The third-order valence-corrected chi connectivity index (χ3v) is 7.42. The fourth-order valence-corrected chi connectivity index (χ4v) is 5.06. The number of benzene rings is 4. The van der Waals surface area contributed by atoms with E-state index in [1.807, 2.05) is 0 Å². The van der Waals surface area contributed by atoms with Crippen LogP contribution < -0.4 is 9.46 Å². The topological polar surface area (TPSA) is 99.5 Å². The summed E-state index contributed by atoms with van der Waals surface area (Å²) in [7, 11) is -2.35. The summed E-state index contributed by atoms with van der Waals surface area (Å²) >= 11 is 12.1. The van der Waals surface area contributed by atoms with Gasteiger partial charge in [-0.2, -0.15) is 5.26 Å². The zero-order chi connectivity index (χ0) is 27.3. The van der Waals surface area contributed by atoms with Gasteiger partial charge in [0.05, 0.1) is 27.2 Å². The number of hydrogen-bond acceptors (Lipinski definition) is 5. The number of amides is 1. The summed E-state index contributed by atoms with van der Waals surface area (Å²) < 4.78 is 34.6. The normalized spacial score (nSPS) is 10.9. The molecule has 192 valence electrons.